The summed E-state index contributed by atoms with van der Waals surface area (Å²) in [7, 11) is 0. The van der Waals surface area contributed by atoms with Gasteiger partial charge in [0.2, 0.25) is 0 Å². The van der Waals surface area contributed by atoms with Crippen LogP contribution in [0.4, 0.5) is 0 Å². The van der Waals surface area contributed by atoms with Gasteiger partial charge in [0.05, 0.1) is 0 Å². The van der Waals surface area contributed by atoms with Crippen LogP contribution < -0.4 is 0 Å². The molecule has 18 heavy (non-hydrogen) atoms. The molecule has 0 fully saturated rings. The summed E-state index contributed by atoms with van der Waals surface area (Å²) in [5.74, 6) is 12.7. The molecular weight excluding hydrogens is 220 g/mol. The van der Waals surface area contributed by atoms with Crippen LogP contribution in [-0.2, 0) is 5.11 Å². The molecule has 0 spiro atoms. The van der Waals surface area contributed by atoms with Gasteiger partial charge in [0.15, 0.2) is 6.11 Å². The van der Waals surface area contributed by atoms with Crippen molar-refractivity contribution < 1.29 is 5.11 Å². The minimum Gasteiger partial charge on any atom is -0.223 e. The number of hydrogen-bond donors (Lipinski definition) is 0. The number of unbranched alkanes of at least 4 members (excludes halogenated alkanes) is 9. The first-order chi connectivity index (χ1) is 8.91. The average Bonchev–Trinajstić information content (AvgIpc) is 2.39. The summed E-state index contributed by atoms with van der Waals surface area (Å²) in [4.78, 5) is 0. The lowest BCUT2D eigenvalue weighted by molar-refractivity contribution is 0.392. The molecule has 1 heteroatoms. The van der Waals surface area contributed by atoms with Gasteiger partial charge in [0, 0.05) is 18.3 Å². The average molecular weight is 243 g/mol. The fourth-order valence-electron chi connectivity index (χ4n) is 1.72. The van der Waals surface area contributed by atoms with E-state index in [0.29, 0.717) is 0 Å². The summed E-state index contributed by atoms with van der Waals surface area (Å²) in [6.45, 7) is 2.25. The van der Waals surface area contributed by atoms with Gasteiger partial charge in [-0.3, -0.25) is 0 Å². The van der Waals surface area contributed by atoms with Gasteiger partial charge in [-0.2, -0.15) is 0 Å². The van der Waals surface area contributed by atoms with Crippen LogP contribution in [0.25, 0.3) is 0 Å². The minimum atomic E-state index is 0.898. The standard InChI is InChI=1S/C17H23O/c1-2-3-4-5-6-7-8-9-10-11-12-13-14-15-16-17-18/h2-11H2,1H3. The van der Waals surface area contributed by atoms with Gasteiger partial charge in [0.1, 0.15) is 0 Å². The van der Waals surface area contributed by atoms with E-state index < -0.39 is 0 Å². The van der Waals surface area contributed by atoms with Crippen LogP contribution in [0.5, 0.6) is 0 Å². The Hall–Kier alpha value is -1.52. The van der Waals surface area contributed by atoms with E-state index in [-0.39, 0.29) is 0 Å². The van der Waals surface area contributed by atoms with E-state index in [1.54, 1.807) is 0 Å². The molecule has 0 heterocycles. The highest BCUT2D eigenvalue weighted by Crippen LogP contribution is 2.09. The van der Waals surface area contributed by atoms with Gasteiger partial charge in [0.25, 0.3) is 0 Å². The van der Waals surface area contributed by atoms with E-state index in [2.05, 4.69) is 36.5 Å². The maximum atomic E-state index is 9.74. The summed E-state index contributed by atoms with van der Waals surface area (Å²) >= 11 is 0. The second-order valence-electron chi connectivity index (χ2n) is 4.36. The first-order valence-corrected chi connectivity index (χ1v) is 7.01. The molecule has 0 aromatic heterocycles. The van der Waals surface area contributed by atoms with Crippen LogP contribution in [0.15, 0.2) is 0 Å². The van der Waals surface area contributed by atoms with E-state index >= 15 is 0 Å². The number of rotatable bonds is 9. The Morgan fingerprint density at radius 1 is 0.667 bits per heavy atom. The lowest BCUT2D eigenvalue weighted by Crippen LogP contribution is -1.80. The van der Waals surface area contributed by atoms with Crippen molar-refractivity contribution in [3.05, 3.63) is 0 Å². The van der Waals surface area contributed by atoms with Crippen LogP contribution in [0.1, 0.15) is 71.1 Å². The van der Waals surface area contributed by atoms with Gasteiger partial charge < -0.3 is 0 Å². The minimum absolute atomic E-state index is 0.898. The molecule has 0 unspecified atom stereocenters. The van der Waals surface area contributed by atoms with E-state index in [1.165, 1.54) is 57.5 Å². The largest absolute Gasteiger partial charge is 0.223 e. The molecule has 0 rings (SSSR count). The summed E-state index contributed by atoms with van der Waals surface area (Å²) in [6.07, 6.45) is 14.3. The fourth-order valence-corrected chi connectivity index (χ4v) is 1.72. The molecule has 0 aromatic rings. The van der Waals surface area contributed by atoms with Crippen LogP contribution in [0, 0.1) is 35.7 Å². The van der Waals surface area contributed by atoms with Crippen molar-refractivity contribution in [2.75, 3.05) is 0 Å². The topological polar surface area (TPSA) is 19.9 Å². The molecule has 1 nitrogen and oxygen atoms in total. The van der Waals surface area contributed by atoms with Crippen molar-refractivity contribution in [1.29, 1.82) is 0 Å². The Morgan fingerprint density at radius 3 is 1.83 bits per heavy atom. The zero-order valence-electron chi connectivity index (χ0n) is 11.5. The van der Waals surface area contributed by atoms with Gasteiger partial charge in [-0.25, -0.2) is 5.11 Å². The Balaban J connectivity index is 3.21. The molecule has 0 saturated heterocycles. The zero-order chi connectivity index (χ0) is 13.3. The predicted molar refractivity (Wildman–Crippen MR) is 75.9 cm³/mol. The van der Waals surface area contributed by atoms with Crippen molar-refractivity contribution in [1.82, 2.24) is 0 Å². The maximum Gasteiger partial charge on any atom is 0.186 e. The molecule has 0 aliphatic carbocycles. The molecule has 1 radical (unpaired) electrons. The molecule has 0 saturated carbocycles. The third-order valence-corrected chi connectivity index (χ3v) is 2.73. The van der Waals surface area contributed by atoms with Gasteiger partial charge in [-0.1, -0.05) is 64.2 Å². The third kappa shape index (κ3) is 14.5. The molecule has 0 aliphatic heterocycles. The highest BCUT2D eigenvalue weighted by molar-refractivity contribution is 5.34. The molecule has 0 aliphatic rings. The lowest BCUT2D eigenvalue weighted by Gasteiger charge is -1.99. The molecule has 97 valence electrons. The van der Waals surface area contributed by atoms with E-state index in [4.69, 9.17) is 0 Å². The Morgan fingerprint density at radius 2 is 1.22 bits per heavy atom. The van der Waals surface area contributed by atoms with Gasteiger partial charge in [-0.15, -0.1) is 0 Å². The van der Waals surface area contributed by atoms with Gasteiger partial charge >= 0.3 is 0 Å². The molecule has 0 amide bonds. The molecular formula is C17H23O. The van der Waals surface area contributed by atoms with Crippen molar-refractivity contribution in [2.24, 2.45) is 0 Å². The fraction of sp³-hybridized carbons (Fsp3) is 0.647. The maximum absolute atomic E-state index is 9.74. The Labute approximate surface area is 112 Å². The normalized spacial score (nSPS) is 8.28. The van der Waals surface area contributed by atoms with Crippen molar-refractivity contribution >= 4 is 0 Å². The summed E-state index contributed by atoms with van der Waals surface area (Å²) in [5.41, 5.74) is 0. The van der Waals surface area contributed by atoms with E-state index in [9.17, 15) is 5.11 Å². The Kier molecular flexibility index (Phi) is 14.2. The first-order valence-electron chi connectivity index (χ1n) is 7.01. The lowest BCUT2D eigenvalue weighted by atomic mass is 10.1. The molecule has 0 aromatic carbocycles. The van der Waals surface area contributed by atoms with Crippen LogP contribution >= 0.6 is 0 Å². The quantitative estimate of drug-likeness (QED) is 0.425. The van der Waals surface area contributed by atoms with Crippen molar-refractivity contribution in [3.8, 4) is 35.7 Å². The van der Waals surface area contributed by atoms with Crippen LogP contribution in [0.2, 0.25) is 0 Å². The second-order valence-corrected chi connectivity index (χ2v) is 4.36. The molecule has 0 bridgehead atoms. The van der Waals surface area contributed by atoms with E-state index in [0.717, 1.165) is 12.8 Å². The molecule has 0 atom stereocenters. The second kappa shape index (κ2) is 15.5. The highest BCUT2D eigenvalue weighted by atomic mass is 16.2. The predicted octanol–water partition coefficient (Wildman–Crippen LogP) is 4.31. The zero-order valence-corrected chi connectivity index (χ0v) is 11.5. The summed E-state index contributed by atoms with van der Waals surface area (Å²) < 4.78 is 0. The third-order valence-electron chi connectivity index (χ3n) is 2.73. The van der Waals surface area contributed by atoms with Crippen LogP contribution in [-0.4, -0.2) is 0 Å². The smallest absolute Gasteiger partial charge is 0.186 e. The highest BCUT2D eigenvalue weighted by Gasteiger charge is 1.90. The SMILES string of the molecule is CCCCCCCCCCCC#CC#CC#C[O]. The van der Waals surface area contributed by atoms with Crippen molar-refractivity contribution in [3.63, 3.8) is 0 Å². The van der Waals surface area contributed by atoms with Crippen molar-refractivity contribution in [2.45, 2.75) is 71.1 Å². The summed E-state index contributed by atoms with van der Waals surface area (Å²) in [5, 5.41) is 9.74. The summed E-state index contributed by atoms with van der Waals surface area (Å²) in [6, 6.07) is 0. The molecule has 0 N–H and O–H groups in total. The van der Waals surface area contributed by atoms with Gasteiger partial charge in [-0.05, 0) is 18.3 Å². The number of hydrogen-bond acceptors (Lipinski definition) is 0. The first kappa shape index (κ1) is 16.5. The Bertz CT molecular complexity index is 348. The monoisotopic (exact) mass is 243 g/mol. The van der Waals surface area contributed by atoms with E-state index in [1.807, 2.05) is 0 Å². The van der Waals surface area contributed by atoms with Crippen LogP contribution in [0.3, 0.4) is 0 Å².